The van der Waals surface area contributed by atoms with Crippen LogP contribution in [0.25, 0.3) is 11.3 Å². The summed E-state index contributed by atoms with van der Waals surface area (Å²) in [6.07, 6.45) is 1.55. The highest BCUT2D eigenvalue weighted by Gasteiger charge is 2.11. The quantitative estimate of drug-likeness (QED) is 0.809. The Labute approximate surface area is 104 Å². The fourth-order valence-corrected chi connectivity index (χ4v) is 1.43. The van der Waals surface area contributed by atoms with Crippen LogP contribution in [0.1, 0.15) is 5.69 Å². The van der Waals surface area contributed by atoms with E-state index < -0.39 is 0 Å². The number of rotatable bonds is 3. The standard InChI is InChI=1S/C12H10N4O2/c1-17-11-9(7-14-12(16-11)18-2)10-5-3-4-8(6-13)15-10/h3-5,7H,1-2H3. The van der Waals surface area contributed by atoms with Crippen LogP contribution in [0.2, 0.25) is 0 Å². The molecule has 0 aromatic carbocycles. The van der Waals surface area contributed by atoms with Gasteiger partial charge in [-0.2, -0.15) is 10.2 Å². The Balaban J connectivity index is 2.53. The van der Waals surface area contributed by atoms with Crippen LogP contribution in [-0.2, 0) is 0 Å². The summed E-state index contributed by atoms with van der Waals surface area (Å²) in [6.45, 7) is 0. The van der Waals surface area contributed by atoms with E-state index in [-0.39, 0.29) is 6.01 Å². The predicted molar refractivity (Wildman–Crippen MR) is 63.1 cm³/mol. The van der Waals surface area contributed by atoms with Gasteiger partial charge in [0.25, 0.3) is 0 Å². The van der Waals surface area contributed by atoms with E-state index in [0.29, 0.717) is 22.8 Å². The third-order valence-electron chi connectivity index (χ3n) is 2.25. The maximum atomic E-state index is 8.82. The maximum Gasteiger partial charge on any atom is 0.319 e. The Kier molecular flexibility index (Phi) is 3.34. The second-order valence-corrected chi connectivity index (χ2v) is 3.30. The van der Waals surface area contributed by atoms with Gasteiger partial charge in [-0.3, -0.25) is 0 Å². The number of nitrogens with zero attached hydrogens (tertiary/aromatic N) is 4. The van der Waals surface area contributed by atoms with E-state index in [9.17, 15) is 0 Å². The SMILES string of the molecule is COc1ncc(-c2cccc(C#N)n2)c(OC)n1. The van der Waals surface area contributed by atoms with Crippen molar-refractivity contribution in [2.45, 2.75) is 0 Å². The van der Waals surface area contributed by atoms with Crippen LogP contribution >= 0.6 is 0 Å². The van der Waals surface area contributed by atoms with Gasteiger partial charge in [-0.15, -0.1) is 0 Å². The lowest BCUT2D eigenvalue weighted by molar-refractivity contribution is 0.353. The first-order chi connectivity index (χ1) is 8.78. The number of aromatic nitrogens is 3. The van der Waals surface area contributed by atoms with Crippen molar-refractivity contribution in [3.63, 3.8) is 0 Å². The summed E-state index contributed by atoms with van der Waals surface area (Å²) in [5.74, 6) is 0.351. The van der Waals surface area contributed by atoms with Crippen molar-refractivity contribution in [1.29, 1.82) is 5.26 Å². The van der Waals surface area contributed by atoms with Crippen molar-refractivity contribution in [3.8, 4) is 29.2 Å². The van der Waals surface area contributed by atoms with E-state index in [1.165, 1.54) is 14.2 Å². The first-order valence-electron chi connectivity index (χ1n) is 5.11. The second kappa shape index (κ2) is 5.10. The average Bonchev–Trinajstić information content (AvgIpc) is 2.46. The number of nitriles is 1. The minimum absolute atomic E-state index is 0.215. The monoisotopic (exact) mass is 242 g/mol. The van der Waals surface area contributed by atoms with Crippen LogP contribution in [0.3, 0.4) is 0 Å². The van der Waals surface area contributed by atoms with Gasteiger partial charge in [-0.05, 0) is 12.1 Å². The molecule has 0 aliphatic heterocycles. The van der Waals surface area contributed by atoms with Crippen LogP contribution in [0.15, 0.2) is 24.4 Å². The summed E-state index contributed by atoms with van der Waals surface area (Å²) < 4.78 is 10.1. The summed E-state index contributed by atoms with van der Waals surface area (Å²) >= 11 is 0. The molecule has 90 valence electrons. The van der Waals surface area contributed by atoms with Crippen molar-refractivity contribution < 1.29 is 9.47 Å². The van der Waals surface area contributed by atoms with E-state index in [4.69, 9.17) is 14.7 Å². The molecule has 0 spiro atoms. The van der Waals surface area contributed by atoms with Gasteiger partial charge < -0.3 is 9.47 Å². The highest BCUT2D eigenvalue weighted by Crippen LogP contribution is 2.27. The van der Waals surface area contributed by atoms with Crippen molar-refractivity contribution in [1.82, 2.24) is 15.0 Å². The molecule has 6 heteroatoms. The Morgan fingerprint density at radius 2 is 2.00 bits per heavy atom. The van der Waals surface area contributed by atoms with Crippen LogP contribution in [0.5, 0.6) is 11.9 Å². The first kappa shape index (κ1) is 11.8. The summed E-state index contributed by atoms with van der Waals surface area (Å²) in [7, 11) is 2.97. The number of hydrogen-bond acceptors (Lipinski definition) is 6. The second-order valence-electron chi connectivity index (χ2n) is 3.30. The fraction of sp³-hybridized carbons (Fsp3) is 0.167. The minimum Gasteiger partial charge on any atom is -0.480 e. The Morgan fingerprint density at radius 3 is 2.67 bits per heavy atom. The van der Waals surface area contributed by atoms with Crippen LogP contribution < -0.4 is 9.47 Å². The zero-order chi connectivity index (χ0) is 13.0. The summed E-state index contributed by atoms with van der Waals surface area (Å²) in [6, 6.07) is 7.32. The van der Waals surface area contributed by atoms with E-state index in [0.717, 1.165) is 0 Å². The van der Waals surface area contributed by atoms with Gasteiger partial charge in [0.1, 0.15) is 11.8 Å². The third-order valence-corrected chi connectivity index (χ3v) is 2.25. The molecule has 0 saturated heterocycles. The topological polar surface area (TPSA) is 80.9 Å². The van der Waals surface area contributed by atoms with Gasteiger partial charge in [0.15, 0.2) is 0 Å². The molecule has 2 aromatic heterocycles. The van der Waals surface area contributed by atoms with E-state index in [1.807, 2.05) is 6.07 Å². The Morgan fingerprint density at radius 1 is 1.17 bits per heavy atom. The van der Waals surface area contributed by atoms with Crippen LogP contribution in [0, 0.1) is 11.3 Å². The zero-order valence-electron chi connectivity index (χ0n) is 9.91. The van der Waals surface area contributed by atoms with Gasteiger partial charge in [0.2, 0.25) is 5.88 Å². The van der Waals surface area contributed by atoms with Crippen molar-refractivity contribution in [3.05, 3.63) is 30.1 Å². The molecule has 0 aliphatic rings. The largest absolute Gasteiger partial charge is 0.480 e. The number of hydrogen-bond donors (Lipinski definition) is 0. The lowest BCUT2D eigenvalue weighted by Crippen LogP contribution is -1.98. The van der Waals surface area contributed by atoms with Gasteiger partial charge in [0.05, 0.1) is 25.5 Å². The van der Waals surface area contributed by atoms with Crippen molar-refractivity contribution >= 4 is 0 Å². The molecule has 0 N–H and O–H groups in total. The number of methoxy groups -OCH3 is 2. The van der Waals surface area contributed by atoms with Crippen molar-refractivity contribution in [2.75, 3.05) is 14.2 Å². The molecule has 0 bridgehead atoms. The van der Waals surface area contributed by atoms with Gasteiger partial charge in [0, 0.05) is 6.20 Å². The molecule has 0 unspecified atom stereocenters. The van der Waals surface area contributed by atoms with Crippen LogP contribution in [-0.4, -0.2) is 29.2 Å². The molecule has 0 saturated carbocycles. The lowest BCUT2D eigenvalue weighted by atomic mass is 10.2. The molecule has 2 rings (SSSR count). The van der Waals surface area contributed by atoms with E-state index in [1.54, 1.807) is 24.4 Å². The van der Waals surface area contributed by atoms with Crippen molar-refractivity contribution in [2.24, 2.45) is 0 Å². The average molecular weight is 242 g/mol. The minimum atomic E-state index is 0.215. The third kappa shape index (κ3) is 2.20. The molecular formula is C12H10N4O2. The predicted octanol–water partition coefficient (Wildman–Crippen LogP) is 1.43. The molecule has 6 nitrogen and oxygen atoms in total. The molecular weight excluding hydrogens is 232 g/mol. The number of ether oxygens (including phenoxy) is 2. The van der Waals surface area contributed by atoms with E-state index >= 15 is 0 Å². The molecule has 0 amide bonds. The molecule has 0 atom stereocenters. The first-order valence-corrected chi connectivity index (χ1v) is 5.11. The smallest absolute Gasteiger partial charge is 0.319 e. The van der Waals surface area contributed by atoms with Gasteiger partial charge in [-0.25, -0.2) is 9.97 Å². The number of pyridine rings is 1. The molecule has 18 heavy (non-hydrogen) atoms. The molecule has 2 heterocycles. The summed E-state index contributed by atoms with van der Waals surface area (Å²) in [5, 5.41) is 8.82. The Hall–Kier alpha value is -2.68. The zero-order valence-corrected chi connectivity index (χ0v) is 9.91. The normalized spacial score (nSPS) is 9.61. The van der Waals surface area contributed by atoms with Gasteiger partial charge in [-0.1, -0.05) is 6.07 Å². The molecule has 0 fully saturated rings. The maximum absolute atomic E-state index is 8.82. The molecule has 0 aliphatic carbocycles. The van der Waals surface area contributed by atoms with Crippen LogP contribution in [0.4, 0.5) is 0 Å². The fourth-order valence-electron chi connectivity index (χ4n) is 1.43. The lowest BCUT2D eigenvalue weighted by Gasteiger charge is -2.07. The molecule has 2 aromatic rings. The summed E-state index contributed by atoms with van der Waals surface area (Å²) in [5.41, 5.74) is 1.51. The Bertz CT molecular complexity index is 607. The highest BCUT2D eigenvalue weighted by atomic mass is 16.5. The summed E-state index contributed by atoms with van der Waals surface area (Å²) in [4.78, 5) is 12.2. The van der Waals surface area contributed by atoms with Gasteiger partial charge >= 0.3 is 6.01 Å². The van der Waals surface area contributed by atoms with E-state index in [2.05, 4.69) is 15.0 Å². The molecule has 0 radical (unpaired) electrons. The highest BCUT2D eigenvalue weighted by molar-refractivity contribution is 5.64.